The van der Waals surface area contributed by atoms with Crippen LogP contribution in [-0.2, 0) is 65.4 Å². The van der Waals surface area contributed by atoms with Crippen molar-refractivity contribution in [1.29, 1.82) is 0 Å². The van der Waals surface area contributed by atoms with Crippen molar-refractivity contribution >= 4 is 39.5 Å². The summed E-state index contributed by atoms with van der Waals surface area (Å²) in [6, 6.07) is 0. The van der Waals surface area contributed by atoms with Gasteiger partial charge in [-0.3, -0.25) is 37.3 Å². The van der Waals surface area contributed by atoms with Crippen LogP contribution >= 0.6 is 15.6 Å². The van der Waals surface area contributed by atoms with E-state index in [0.29, 0.717) is 25.7 Å². The Balaban J connectivity index is 5.27. The summed E-state index contributed by atoms with van der Waals surface area (Å²) in [5.74, 6) is -0.539. The van der Waals surface area contributed by atoms with E-state index in [9.17, 15) is 43.2 Å². The lowest BCUT2D eigenvalue weighted by atomic mass is 9.99. The van der Waals surface area contributed by atoms with E-state index >= 15 is 0 Å². The average Bonchev–Trinajstić information content (AvgIpc) is 1.59. The van der Waals surface area contributed by atoms with Crippen molar-refractivity contribution < 1.29 is 80.2 Å². The van der Waals surface area contributed by atoms with Gasteiger partial charge in [-0.25, -0.2) is 9.13 Å². The molecule has 94 heavy (non-hydrogen) atoms. The molecule has 6 atom stereocenters. The van der Waals surface area contributed by atoms with Crippen LogP contribution in [-0.4, -0.2) is 96.7 Å². The molecule has 19 heteroatoms. The smallest absolute Gasteiger partial charge is 0.462 e. The Bertz CT molecular complexity index is 1820. The standard InChI is InChI=1S/C75H146O17P2/c1-7-10-12-14-16-18-20-22-26-33-39-45-51-57-72(77)85-63-70(91-74(79)59-53-47-41-35-27-23-21-19-17-15-13-11-8-2)65-89-93(81,82)87-61-69(76)62-88-94(83,84)90-66-71(92-75(80)60-54-48-42-36-28-24-25-31-37-43-49-55-67(4)5)64-86-73(78)58-52-46-40-34-30-29-32-38-44-50-56-68(6)9-3/h67-71,76H,7-66H2,1-6H3,(H,81,82)(H,83,84)/t68?,69-,70+,71+/m0/s1. The van der Waals surface area contributed by atoms with Gasteiger partial charge >= 0.3 is 39.5 Å². The second-order valence-corrected chi connectivity index (χ2v) is 30.7. The summed E-state index contributed by atoms with van der Waals surface area (Å²) in [5.41, 5.74) is 0. The Morgan fingerprint density at radius 2 is 0.543 bits per heavy atom. The summed E-state index contributed by atoms with van der Waals surface area (Å²) in [5, 5.41) is 10.6. The van der Waals surface area contributed by atoms with Crippen LogP contribution < -0.4 is 0 Å². The van der Waals surface area contributed by atoms with E-state index in [-0.39, 0.29) is 25.7 Å². The number of carbonyl (C=O) groups is 4. The zero-order chi connectivity index (χ0) is 69.3. The van der Waals surface area contributed by atoms with Gasteiger partial charge in [0.25, 0.3) is 0 Å². The molecule has 0 rings (SSSR count). The lowest BCUT2D eigenvalue weighted by Gasteiger charge is -2.21. The number of rotatable bonds is 74. The monoisotopic (exact) mass is 1380 g/mol. The van der Waals surface area contributed by atoms with Gasteiger partial charge in [-0.1, -0.05) is 337 Å². The molecule has 0 heterocycles. The Labute approximate surface area is 575 Å². The summed E-state index contributed by atoms with van der Waals surface area (Å²) in [6.07, 6.45) is 53.8. The number of ether oxygens (including phenoxy) is 4. The molecule has 0 saturated heterocycles. The summed E-state index contributed by atoms with van der Waals surface area (Å²) >= 11 is 0. The fraction of sp³-hybridized carbons (Fsp3) is 0.947. The van der Waals surface area contributed by atoms with E-state index in [4.69, 9.17) is 37.0 Å². The maximum absolute atomic E-state index is 13.1. The molecule has 0 aromatic rings. The molecule has 0 spiro atoms. The number of hydrogen-bond donors (Lipinski definition) is 3. The maximum Gasteiger partial charge on any atom is 0.472 e. The van der Waals surface area contributed by atoms with Gasteiger partial charge < -0.3 is 33.8 Å². The van der Waals surface area contributed by atoms with Crippen LogP contribution in [0.5, 0.6) is 0 Å². The molecule has 0 aromatic carbocycles. The molecule has 0 radical (unpaired) electrons. The molecule has 0 aliphatic rings. The molecule has 0 aliphatic heterocycles. The molecule has 0 fully saturated rings. The van der Waals surface area contributed by atoms with Crippen LogP contribution in [0.25, 0.3) is 0 Å². The number of phosphoric acid groups is 2. The van der Waals surface area contributed by atoms with Gasteiger partial charge in [0.2, 0.25) is 0 Å². The number of unbranched alkanes of at least 4 members (excludes halogenated alkanes) is 43. The van der Waals surface area contributed by atoms with E-state index < -0.39 is 97.5 Å². The average molecular weight is 1380 g/mol. The van der Waals surface area contributed by atoms with E-state index in [1.807, 2.05) is 0 Å². The third kappa shape index (κ3) is 67.3. The van der Waals surface area contributed by atoms with Crippen molar-refractivity contribution in [3.63, 3.8) is 0 Å². The summed E-state index contributed by atoms with van der Waals surface area (Å²) < 4.78 is 68.5. The summed E-state index contributed by atoms with van der Waals surface area (Å²) in [6.45, 7) is 9.63. The van der Waals surface area contributed by atoms with Crippen molar-refractivity contribution in [3.8, 4) is 0 Å². The molecule has 17 nitrogen and oxygen atoms in total. The fourth-order valence-electron chi connectivity index (χ4n) is 11.4. The molecule has 0 saturated carbocycles. The summed E-state index contributed by atoms with van der Waals surface area (Å²) in [4.78, 5) is 72.8. The van der Waals surface area contributed by atoms with Crippen molar-refractivity contribution in [1.82, 2.24) is 0 Å². The molecular weight excluding hydrogens is 1230 g/mol. The van der Waals surface area contributed by atoms with Crippen LogP contribution in [0.3, 0.4) is 0 Å². The van der Waals surface area contributed by atoms with Crippen molar-refractivity contribution in [2.75, 3.05) is 39.6 Å². The SMILES string of the molecule is CCCCCCCCCCCCCCCC(=O)OC[C@H](COP(=O)(O)OC[C@H](O)COP(=O)(O)OC[C@@H](COC(=O)CCCCCCCCCCCCC(C)CC)OC(=O)CCCCCCCCCCCCCC(C)C)OC(=O)CCCCCCCCCCCCCCC. The van der Waals surface area contributed by atoms with Gasteiger partial charge in [0, 0.05) is 25.7 Å². The quantitative estimate of drug-likeness (QED) is 0.0222. The van der Waals surface area contributed by atoms with Crippen LogP contribution in [0.4, 0.5) is 0 Å². The molecule has 0 aromatic heterocycles. The van der Waals surface area contributed by atoms with Crippen LogP contribution in [0.1, 0.15) is 388 Å². The largest absolute Gasteiger partial charge is 0.472 e. The Hall–Kier alpha value is -1.94. The highest BCUT2D eigenvalue weighted by atomic mass is 31.2. The van der Waals surface area contributed by atoms with E-state index in [1.54, 1.807) is 0 Å². The lowest BCUT2D eigenvalue weighted by molar-refractivity contribution is -0.161. The first-order valence-corrected chi connectivity index (χ1v) is 42.0. The zero-order valence-electron chi connectivity index (χ0n) is 61.3. The predicted molar refractivity (Wildman–Crippen MR) is 381 cm³/mol. The highest BCUT2D eigenvalue weighted by molar-refractivity contribution is 7.47. The van der Waals surface area contributed by atoms with Crippen molar-refractivity contribution in [3.05, 3.63) is 0 Å². The minimum Gasteiger partial charge on any atom is -0.462 e. The first kappa shape index (κ1) is 92.1. The van der Waals surface area contributed by atoms with Crippen LogP contribution in [0.2, 0.25) is 0 Å². The number of phosphoric ester groups is 2. The number of carbonyl (C=O) groups excluding carboxylic acids is 4. The first-order valence-electron chi connectivity index (χ1n) is 39.0. The first-order chi connectivity index (χ1) is 45.4. The third-order valence-electron chi connectivity index (χ3n) is 17.8. The zero-order valence-corrected chi connectivity index (χ0v) is 63.1. The Morgan fingerprint density at radius 1 is 0.309 bits per heavy atom. The topological polar surface area (TPSA) is 237 Å². The number of esters is 4. The lowest BCUT2D eigenvalue weighted by Crippen LogP contribution is -2.30. The minimum atomic E-state index is -4.96. The highest BCUT2D eigenvalue weighted by Gasteiger charge is 2.30. The Kier molecular flexibility index (Phi) is 65.5. The van der Waals surface area contributed by atoms with Gasteiger partial charge in [-0.2, -0.15) is 0 Å². The number of aliphatic hydroxyl groups is 1. The Morgan fingerprint density at radius 3 is 0.809 bits per heavy atom. The molecular formula is C75H146O17P2. The third-order valence-corrected chi connectivity index (χ3v) is 19.7. The second kappa shape index (κ2) is 66.9. The molecule has 0 bridgehead atoms. The molecule has 3 unspecified atom stereocenters. The van der Waals surface area contributed by atoms with E-state index in [1.165, 1.54) is 205 Å². The second-order valence-electron chi connectivity index (χ2n) is 27.8. The normalized spacial score (nSPS) is 14.3. The van der Waals surface area contributed by atoms with Gasteiger partial charge in [0.15, 0.2) is 12.2 Å². The molecule has 558 valence electrons. The summed E-state index contributed by atoms with van der Waals surface area (Å²) in [7, 11) is -9.91. The van der Waals surface area contributed by atoms with E-state index in [0.717, 1.165) is 102 Å². The molecule has 3 N–H and O–H groups in total. The maximum atomic E-state index is 13.1. The fourth-order valence-corrected chi connectivity index (χ4v) is 13.0. The van der Waals surface area contributed by atoms with E-state index in [2.05, 4.69) is 41.5 Å². The minimum absolute atomic E-state index is 0.106. The number of aliphatic hydroxyl groups excluding tert-OH is 1. The molecule has 0 amide bonds. The number of hydrogen-bond acceptors (Lipinski definition) is 15. The van der Waals surface area contributed by atoms with Gasteiger partial charge in [0.05, 0.1) is 26.4 Å². The van der Waals surface area contributed by atoms with Gasteiger partial charge in [0.1, 0.15) is 19.3 Å². The van der Waals surface area contributed by atoms with Crippen molar-refractivity contribution in [2.45, 2.75) is 407 Å². The van der Waals surface area contributed by atoms with Crippen LogP contribution in [0, 0.1) is 11.8 Å². The van der Waals surface area contributed by atoms with Gasteiger partial charge in [-0.15, -0.1) is 0 Å². The predicted octanol–water partition coefficient (Wildman–Crippen LogP) is 21.9. The highest BCUT2D eigenvalue weighted by Crippen LogP contribution is 2.45. The van der Waals surface area contributed by atoms with Crippen molar-refractivity contribution in [2.24, 2.45) is 11.8 Å². The molecule has 0 aliphatic carbocycles. The van der Waals surface area contributed by atoms with Gasteiger partial charge in [-0.05, 0) is 37.5 Å². The van der Waals surface area contributed by atoms with Crippen LogP contribution in [0.15, 0.2) is 0 Å².